The number of nitrogens with zero attached hydrogens (tertiary/aromatic N) is 2. The van der Waals surface area contributed by atoms with Crippen LogP contribution in [0.3, 0.4) is 0 Å². The van der Waals surface area contributed by atoms with E-state index in [-0.39, 0.29) is 11.4 Å². The van der Waals surface area contributed by atoms with Crippen molar-refractivity contribution in [2.24, 2.45) is 0 Å². The number of halogens is 1. The Hall–Kier alpha value is -1.82. The maximum Gasteiger partial charge on any atom is 0.358 e. The third-order valence-electron chi connectivity index (χ3n) is 2.24. The van der Waals surface area contributed by atoms with Crippen molar-refractivity contribution in [2.45, 2.75) is 6.54 Å². The van der Waals surface area contributed by atoms with Crippen molar-refractivity contribution >= 4 is 21.9 Å². The van der Waals surface area contributed by atoms with Gasteiger partial charge in [-0.05, 0) is 17.7 Å². The SMILES string of the molecule is O=C(O)c1c(O)cnn1Cc1cccc(Br)c1. The summed E-state index contributed by atoms with van der Waals surface area (Å²) >= 11 is 3.33. The van der Waals surface area contributed by atoms with E-state index in [2.05, 4.69) is 21.0 Å². The summed E-state index contributed by atoms with van der Waals surface area (Å²) in [4.78, 5) is 10.9. The molecule has 0 aliphatic carbocycles. The van der Waals surface area contributed by atoms with Crippen LogP contribution in [0.1, 0.15) is 16.1 Å². The number of hydrogen-bond donors (Lipinski definition) is 2. The first-order chi connectivity index (χ1) is 8.08. The van der Waals surface area contributed by atoms with Gasteiger partial charge in [-0.25, -0.2) is 4.79 Å². The van der Waals surface area contributed by atoms with Gasteiger partial charge < -0.3 is 10.2 Å². The van der Waals surface area contributed by atoms with Gasteiger partial charge in [-0.15, -0.1) is 0 Å². The maximum absolute atomic E-state index is 10.9. The van der Waals surface area contributed by atoms with E-state index >= 15 is 0 Å². The fraction of sp³-hybridized carbons (Fsp3) is 0.0909. The minimum atomic E-state index is -1.20. The number of aromatic hydroxyl groups is 1. The predicted octanol–water partition coefficient (Wildman–Crippen LogP) is 2.10. The average Bonchev–Trinajstić information content (AvgIpc) is 2.59. The zero-order valence-corrected chi connectivity index (χ0v) is 10.3. The Morgan fingerprint density at radius 3 is 2.88 bits per heavy atom. The molecule has 0 bridgehead atoms. The monoisotopic (exact) mass is 296 g/mol. The predicted molar refractivity (Wildman–Crippen MR) is 64.1 cm³/mol. The van der Waals surface area contributed by atoms with E-state index in [9.17, 15) is 9.90 Å². The lowest BCUT2D eigenvalue weighted by molar-refractivity contribution is 0.0680. The van der Waals surface area contributed by atoms with Crippen LogP contribution in [0.2, 0.25) is 0 Å². The molecule has 1 aromatic carbocycles. The first kappa shape index (κ1) is 11.7. The highest BCUT2D eigenvalue weighted by atomic mass is 79.9. The molecule has 0 aliphatic rings. The van der Waals surface area contributed by atoms with E-state index in [0.29, 0.717) is 6.54 Å². The maximum atomic E-state index is 10.9. The molecule has 0 saturated heterocycles. The fourth-order valence-corrected chi connectivity index (χ4v) is 1.97. The second-order valence-electron chi connectivity index (χ2n) is 3.47. The molecule has 1 heterocycles. The van der Waals surface area contributed by atoms with Crippen LogP contribution in [0.4, 0.5) is 0 Å². The first-order valence-corrected chi connectivity index (χ1v) is 5.59. The van der Waals surface area contributed by atoms with Crippen LogP contribution in [0.15, 0.2) is 34.9 Å². The summed E-state index contributed by atoms with van der Waals surface area (Å²) in [5, 5.41) is 22.1. The second kappa shape index (κ2) is 4.58. The van der Waals surface area contributed by atoms with E-state index in [1.165, 1.54) is 4.68 Å². The minimum absolute atomic E-state index is 0.204. The Bertz CT molecular complexity index is 566. The van der Waals surface area contributed by atoms with Crippen molar-refractivity contribution in [3.05, 3.63) is 46.2 Å². The smallest absolute Gasteiger partial charge is 0.358 e. The number of carboxylic acids is 1. The van der Waals surface area contributed by atoms with E-state index in [1.807, 2.05) is 24.3 Å². The normalized spacial score (nSPS) is 10.4. The van der Waals surface area contributed by atoms with Crippen molar-refractivity contribution in [1.82, 2.24) is 9.78 Å². The Morgan fingerprint density at radius 1 is 1.47 bits per heavy atom. The number of benzene rings is 1. The van der Waals surface area contributed by atoms with Crippen LogP contribution in [0, 0.1) is 0 Å². The lowest BCUT2D eigenvalue weighted by Gasteiger charge is -2.05. The van der Waals surface area contributed by atoms with Gasteiger partial charge in [0.05, 0.1) is 12.7 Å². The quantitative estimate of drug-likeness (QED) is 0.909. The number of carboxylic acid groups (broad SMARTS) is 1. The van der Waals surface area contributed by atoms with Gasteiger partial charge in [0, 0.05) is 4.47 Å². The van der Waals surface area contributed by atoms with E-state index in [0.717, 1.165) is 16.2 Å². The molecule has 0 atom stereocenters. The second-order valence-corrected chi connectivity index (χ2v) is 4.39. The van der Waals surface area contributed by atoms with Crippen LogP contribution < -0.4 is 0 Å². The topological polar surface area (TPSA) is 75.3 Å². The van der Waals surface area contributed by atoms with Crippen molar-refractivity contribution in [1.29, 1.82) is 0 Å². The van der Waals surface area contributed by atoms with Crippen LogP contribution in [-0.2, 0) is 6.54 Å². The highest BCUT2D eigenvalue weighted by Crippen LogP contribution is 2.18. The third-order valence-corrected chi connectivity index (χ3v) is 2.74. The zero-order valence-electron chi connectivity index (χ0n) is 8.67. The van der Waals surface area contributed by atoms with Gasteiger partial charge in [-0.3, -0.25) is 4.68 Å². The largest absolute Gasteiger partial charge is 0.504 e. The zero-order chi connectivity index (χ0) is 12.4. The van der Waals surface area contributed by atoms with Crippen LogP contribution >= 0.6 is 15.9 Å². The molecule has 0 radical (unpaired) electrons. The summed E-state index contributed by atoms with van der Waals surface area (Å²) in [5.41, 5.74) is 0.690. The minimum Gasteiger partial charge on any atom is -0.504 e. The molecule has 0 fully saturated rings. The van der Waals surface area contributed by atoms with E-state index in [4.69, 9.17) is 5.11 Å². The van der Waals surface area contributed by atoms with Crippen molar-refractivity contribution in [2.75, 3.05) is 0 Å². The number of aromatic nitrogens is 2. The van der Waals surface area contributed by atoms with Crippen molar-refractivity contribution < 1.29 is 15.0 Å². The molecular formula is C11H9BrN2O3. The van der Waals surface area contributed by atoms with Crippen molar-refractivity contribution in [3.63, 3.8) is 0 Å². The first-order valence-electron chi connectivity index (χ1n) is 4.80. The van der Waals surface area contributed by atoms with E-state index < -0.39 is 5.97 Å². The fourth-order valence-electron chi connectivity index (χ4n) is 1.52. The number of carbonyl (C=O) groups is 1. The Balaban J connectivity index is 2.33. The summed E-state index contributed by atoms with van der Waals surface area (Å²) in [7, 11) is 0. The molecule has 0 saturated carbocycles. The molecule has 1 aromatic heterocycles. The van der Waals surface area contributed by atoms with Gasteiger partial charge in [-0.2, -0.15) is 5.10 Å². The molecule has 0 spiro atoms. The molecule has 0 aliphatic heterocycles. The molecule has 0 amide bonds. The number of aromatic carboxylic acids is 1. The lowest BCUT2D eigenvalue weighted by Crippen LogP contribution is -2.11. The van der Waals surface area contributed by atoms with E-state index in [1.54, 1.807) is 0 Å². The molecule has 6 heteroatoms. The standard InChI is InChI=1S/C11H9BrN2O3/c12-8-3-1-2-7(4-8)6-14-10(11(16)17)9(15)5-13-14/h1-5,15H,6H2,(H,16,17). The molecule has 17 heavy (non-hydrogen) atoms. The molecule has 0 unspecified atom stereocenters. The summed E-state index contributed by atoms with van der Waals surface area (Å²) < 4.78 is 2.16. The summed E-state index contributed by atoms with van der Waals surface area (Å²) in [6.45, 7) is 0.293. The summed E-state index contributed by atoms with van der Waals surface area (Å²) in [6.07, 6.45) is 1.13. The van der Waals surface area contributed by atoms with Gasteiger partial charge in [0.25, 0.3) is 0 Å². The third kappa shape index (κ3) is 2.47. The Kier molecular flexibility index (Phi) is 3.14. The Labute approximate surface area is 105 Å². The van der Waals surface area contributed by atoms with Crippen LogP contribution in [0.5, 0.6) is 5.75 Å². The molecule has 2 N–H and O–H groups in total. The molecular weight excluding hydrogens is 288 g/mol. The van der Waals surface area contributed by atoms with Gasteiger partial charge in [-0.1, -0.05) is 28.1 Å². The summed E-state index contributed by atoms with van der Waals surface area (Å²) in [5.74, 6) is -1.53. The average molecular weight is 297 g/mol. The van der Waals surface area contributed by atoms with Gasteiger partial charge >= 0.3 is 5.97 Å². The highest BCUT2D eigenvalue weighted by Gasteiger charge is 2.17. The van der Waals surface area contributed by atoms with Crippen molar-refractivity contribution in [3.8, 4) is 5.75 Å². The molecule has 5 nitrogen and oxygen atoms in total. The molecule has 2 rings (SSSR count). The summed E-state index contributed by atoms with van der Waals surface area (Å²) in [6, 6.07) is 7.45. The van der Waals surface area contributed by atoms with Crippen LogP contribution in [0.25, 0.3) is 0 Å². The Morgan fingerprint density at radius 2 is 2.24 bits per heavy atom. The number of hydrogen-bond acceptors (Lipinski definition) is 3. The number of rotatable bonds is 3. The van der Waals surface area contributed by atoms with Crippen LogP contribution in [-0.4, -0.2) is 26.0 Å². The van der Waals surface area contributed by atoms with Gasteiger partial charge in [0.2, 0.25) is 0 Å². The highest BCUT2D eigenvalue weighted by molar-refractivity contribution is 9.10. The van der Waals surface area contributed by atoms with Gasteiger partial charge in [0.1, 0.15) is 0 Å². The van der Waals surface area contributed by atoms with Gasteiger partial charge in [0.15, 0.2) is 11.4 Å². The molecule has 2 aromatic rings. The molecule has 88 valence electrons. The lowest BCUT2D eigenvalue weighted by atomic mass is 10.2.